The first-order valence-electron chi connectivity index (χ1n) is 9.90. The summed E-state index contributed by atoms with van der Waals surface area (Å²) in [4.78, 5) is 15.5. The maximum atomic E-state index is 13.8. The molecule has 0 radical (unpaired) electrons. The maximum absolute atomic E-state index is 13.8. The van der Waals surface area contributed by atoms with Crippen LogP contribution in [0.4, 0.5) is 15.9 Å². The van der Waals surface area contributed by atoms with E-state index in [-0.39, 0.29) is 5.82 Å². The Labute approximate surface area is 187 Å². The van der Waals surface area contributed by atoms with Gasteiger partial charge in [-0.3, -0.25) is 0 Å². The van der Waals surface area contributed by atoms with Gasteiger partial charge in [-0.2, -0.15) is 0 Å². The van der Waals surface area contributed by atoms with Gasteiger partial charge in [0, 0.05) is 24.3 Å². The van der Waals surface area contributed by atoms with E-state index in [9.17, 15) is 4.39 Å². The number of nitrogens with zero attached hydrogens (tertiary/aromatic N) is 4. The number of morpholine rings is 1. The van der Waals surface area contributed by atoms with Gasteiger partial charge in [-0.25, -0.2) is 19.3 Å². The first-order valence-corrected chi connectivity index (χ1v) is 10.7. The first-order chi connectivity index (χ1) is 15.1. The molecule has 1 fully saturated rings. The average Bonchev–Trinajstić information content (AvgIpc) is 2.81. The fourth-order valence-electron chi connectivity index (χ4n) is 3.79. The summed E-state index contributed by atoms with van der Waals surface area (Å²) in [6.45, 7) is 3.25. The summed E-state index contributed by atoms with van der Waals surface area (Å²) in [5.41, 5.74) is 11.1. The van der Waals surface area contributed by atoms with Crippen LogP contribution in [-0.4, -0.2) is 41.3 Å². The molecule has 156 valence electrons. The zero-order valence-corrected chi connectivity index (χ0v) is 18.1. The summed E-state index contributed by atoms with van der Waals surface area (Å²) >= 11 is 3.27. The molecule has 2 aromatic carbocycles. The Bertz CT molecular complexity index is 1260. The number of anilines is 2. The third kappa shape index (κ3) is 3.84. The molecule has 0 saturated carbocycles. The second kappa shape index (κ2) is 8.20. The number of nitrogens with two attached hydrogens (primary N) is 1. The standard InChI is InChI=1S/C23H19BrFN5O/c24-18-11-15(3-6-19(18)25)17-12-20(29-23-21(17)22(26)27-13-28-23)14-1-4-16(5-2-14)30-7-9-31-10-8-30/h1-6,11-13H,7-10H2,(H2,26,27,28,29). The molecule has 8 heteroatoms. The number of pyridine rings is 1. The van der Waals surface area contributed by atoms with Gasteiger partial charge < -0.3 is 15.4 Å². The summed E-state index contributed by atoms with van der Waals surface area (Å²) in [6, 6.07) is 15.1. The van der Waals surface area contributed by atoms with Gasteiger partial charge in [-0.1, -0.05) is 18.2 Å². The van der Waals surface area contributed by atoms with Gasteiger partial charge in [0.15, 0.2) is 5.65 Å². The summed E-state index contributed by atoms with van der Waals surface area (Å²) in [7, 11) is 0. The topological polar surface area (TPSA) is 77.2 Å². The highest BCUT2D eigenvalue weighted by Gasteiger charge is 2.16. The van der Waals surface area contributed by atoms with E-state index in [4.69, 9.17) is 15.5 Å². The number of hydrogen-bond acceptors (Lipinski definition) is 6. The quantitative estimate of drug-likeness (QED) is 0.459. The minimum Gasteiger partial charge on any atom is -0.383 e. The lowest BCUT2D eigenvalue weighted by Gasteiger charge is -2.28. The number of nitrogen functional groups attached to an aromatic ring is 1. The SMILES string of the molecule is Nc1ncnc2nc(-c3ccc(N4CCOCC4)cc3)cc(-c3ccc(F)c(Br)c3)c12. The van der Waals surface area contributed by atoms with Gasteiger partial charge in [0.25, 0.3) is 0 Å². The van der Waals surface area contributed by atoms with Gasteiger partial charge in [-0.15, -0.1) is 0 Å². The lowest BCUT2D eigenvalue weighted by molar-refractivity contribution is 0.122. The number of rotatable bonds is 3. The van der Waals surface area contributed by atoms with E-state index >= 15 is 0 Å². The summed E-state index contributed by atoms with van der Waals surface area (Å²) in [6.07, 6.45) is 1.40. The number of hydrogen-bond donors (Lipinski definition) is 1. The number of benzene rings is 2. The molecule has 1 saturated heterocycles. The normalized spacial score (nSPS) is 14.2. The molecule has 5 rings (SSSR count). The highest BCUT2D eigenvalue weighted by atomic mass is 79.9. The van der Waals surface area contributed by atoms with Crippen molar-refractivity contribution in [2.45, 2.75) is 0 Å². The van der Waals surface area contributed by atoms with Crippen molar-refractivity contribution in [1.82, 2.24) is 15.0 Å². The molecule has 2 N–H and O–H groups in total. The molecule has 0 atom stereocenters. The number of aromatic nitrogens is 3. The Morgan fingerprint density at radius 1 is 0.968 bits per heavy atom. The van der Waals surface area contributed by atoms with E-state index < -0.39 is 0 Å². The van der Waals surface area contributed by atoms with Crippen LogP contribution in [0.2, 0.25) is 0 Å². The molecular weight excluding hydrogens is 461 g/mol. The molecule has 1 aliphatic rings. The van der Waals surface area contributed by atoms with E-state index in [1.165, 1.54) is 12.4 Å². The lowest BCUT2D eigenvalue weighted by Crippen LogP contribution is -2.36. The molecule has 31 heavy (non-hydrogen) atoms. The predicted molar refractivity (Wildman–Crippen MR) is 123 cm³/mol. The van der Waals surface area contributed by atoms with Crippen LogP contribution < -0.4 is 10.6 Å². The Morgan fingerprint density at radius 3 is 2.45 bits per heavy atom. The molecule has 4 aromatic rings. The van der Waals surface area contributed by atoms with Crippen LogP contribution in [0.15, 0.2) is 59.3 Å². The van der Waals surface area contributed by atoms with Crippen LogP contribution in [0.3, 0.4) is 0 Å². The third-order valence-electron chi connectivity index (χ3n) is 5.40. The van der Waals surface area contributed by atoms with Crippen molar-refractivity contribution in [3.05, 3.63) is 65.1 Å². The van der Waals surface area contributed by atoms with Crippen LogP contribution >= 0.6 is 15.9 Å². The minimum absolute atomic E-state index is 0.328. The monoisotopic (exact) mass is 479 g/mol. The Morgan fingerprint density at radius 2 is 1.71 bits per heavy atom. The molecule has 0 spiro atoms. The van der Waals surface area contributed by atoms with E-state index in [0.717, 1.165) is 54.4 Å². The van der Waals surface area contributed by atoms with Gasteiger partial charge >= 0.3 is 0 Å². The fourth-order valence-corrected chi connectivity index (χ4v) is 4.17. The van der Waals surface area contributed by atoms with Gasteiger partial charge in [0.2, 0.25) is 0 Å². The minimum atomic E-state index is -0.328. The van der Waals surface area contributed by atoms with Gasteiger partial charge in [0.05, 0.1) is 28.8 Å². The highest BCUT2D eigenvalue weighted by molar-refractivity contribution is 9.10. The Hall–Kier alpha value is -3.10. The van der Waals surface area contributed by atoms with Crippen LogP contribution in [-0.2, 0) is 4.74 Å². The summed E-state index contributed by atoms with van der Waals surface area (Å²) < 4.78 is 19.6. The van der Waals surface area contributed by atoms with Crippen LogP contribution in [0, 0.1) is 5.82 Å². The van der Waals surface area contributed by atoms with Crippen LogP contribution in [0.25, 0.3) is 33.4 Å². The van der Waals surface area contributed by atoms with Crippen molar-refractivity contribution in [1.29, 1.82) is 0 Å². The molecule has 0 aliphatic carbocycles. The first kappa shape index (κ1) is 19.8. The highest BCUT2D eigenvalue weighted by Crippen LogP contribution is 2.35. The number of fused-ring (bicyclic) bond motifs is 1. The van der Waals surface area contributed by atoms with Crippen molar-refractivity contribution < 1.29 is 9.13 Å². The second-order valence-electron chi connectivity index (χ2n) is 7.29. The van der Waals surface area contributed by atoms with E-state index in [2.05, 4.69) is 42.9 Å². The van der Waals surface area contributed by atoms with Crippen molar-refractivity contribution >= 4 is 38.5 Å². The number of halogens is 2. The summed E-state index contributed by atoms with van der Waals surface area (Å²) in [5, 5.41) is 0.648. The van der Waals surface area contributed by atoms with Crippen molar-refractivity contribution in [2.24, 2.45) is 0 Å². The molecule has 0 unspecified atom stereocenters. The largest absolute Gasteiger partial charge is 0.383 e. The predicted octanol–water partition coefficient (Wildman–Crippen LogP) is 4.68. The molecule has 1 aliphatic heterocycles. The van der Waals surface area contributed by atoms with Crippen LogP contribution in [0.5, 0.6) is 0 Å². The van der Waals surface area contributed by atoms with Crippen LogP contribution in [0.1, 0.15) is 0 Å². The van der Waals surface area contributed by atoms with Crippen molar-refractivity contribution in [3.8, 4) is 22.4 Å². The molecule has 3 heterocycles. The Balaban J connectivity index is 1.62. The Kier molecular flexibility index (Phi) is 5.25. The molecular formula is C23H19BrFN5O. The van der Waals surface area contributed by atoms with Crippen molar-refractivity contribution in [3.63, 3.8) is 0 Å². The lowest BCUT2D eigenvalue weighted by atomic mass is 9.99. The van der Waals surface area contributed by atoms with E-state index in [1.807, 2.05) is 18.2 Å². The zero-order valence-electron chi connectivity index (χ0n) is 16.6. The second-order valence-corrected chi connectivity index (χ2v) is 8.14. The van der Waals surface area contributed by atoms with E-state index in [0.29, 0.717) is 21.3 Å². The average molecular weight is 480 g/mol. The molecule has 2 aromatic heterocycles. The molecule has 0 amide bonds. The van der Waals surface area contributed by atoms with Crippen molar-refractivity contribution in [2.75, 3.05) is 36.9 Å². The smallest absolute Gasteiger partial charge is 0.165 e. The fraction of sp³-hybridized carbons (Fsp3) is 0.174. The maximum Gasteiger partial charge on any atom is 0.165 e. The van der Waals surface area contributed by atoms with E-state index in [1.54, 1.807) is 12.1 Å². The summed E-state index contributed by atoms with van der Waals surface area (Å²) in [5.74, 6) is 0.00687. The zero-order chi connectivity index (χ0) is 21.4. The van der Waals surface area contributed by atoms with Gasteiger partial charge in [0.1, 0.15) is 18.0 Å². The molecule has 6 nitrogen and oxygen atoms in total. The number of ether oxygens (including phenoxy) is 1. The van der Waals surface area contributed by atoms with Gasteiger partial charge in [-0.05, 0) is 57.4 Å². The molecule has 0 bridgehead atoms. The third-order valence-corrected chi connectivity index (χ3v) is 6.01.